The molecule has 0 aliphatic heterocycles. The highest BCUT2D eigenvalue weighted by atomic mass is 16.3. The summed E-state index contributed by atoms with van der Waals surface area (Å²) in [5.41, 5.74) is 2.10. The summed E-state index contributed by atoms with van der Waals surface area (Å²) in [6.07, 6.45) is 4.51. The maximum Gasteiger partial charge on any atom is 0.258 e. The summed E-state index contributed by atoms with van der Waals surface area (Å²) >= 11 is 0. The van der Waals surface area contributed by atoms with E-state index in [2.05, 4.69) is 25.7 Å². The van der Waals surface area contributed by atoms with E-state index in [0.717, 1.165) is 5.56 Å². The summed E-state index contributed by atoms with van der Waals surface area (Å²) < 4.78 is 1.51. The summed E-state index contributed by atoms with van der Waals surface area (Å²) in [4.78, 5) is 20.8. The van der Waals surface area contributed by atoms with Crippen molar-refractivity contribution in [1.29, 1.82) is 0 Å². The van der Waals surface area contributed by atoms with Crippen molar-refractivity contribution < 1.29 is 9.90 Å². The van der Waals surface area contributed by atoms with E-state index in [0.29, 0.717) is 29.4 Å². The molecule has 3 N–H and O–H groups in total. The molecule has 2 heterocycles. The second-order valence-corrected chi connectivity index (χ2v) is 6.28. The molecule has 144 valence electrons. The van der Waals surface area contributed by atoms with Gasteiger partial charge in [0.05, 0.1) is 11.8 Å². The zero-order valence-electron chi connectivity index (χ0n) is 15.4. The lowest BCUT2D eigenvalue weighted by Crippen LogP contribution is -2.11. The zero-order chi connectivity index (χ0) is 20.1. The first-order valence-electron chi connectivity index (χ1n) is 8.93. The Hall–Kier alpha value is -4.20. The first kappa shape index (κ1) is 18.2. The molecule has 0 fully saturated rings. The standard InChI is InChI=1S/C21H18N6O2/c28-18-8-6-17(7-9-18)26-21(29)16-12-25-27(13-16)20-10-19(23-14-24-20)22-11-15-4-2-1-3-5-15/h1-10,12-14,28H,11H2,(H,26,29)(H,22,23,24). The molecule has 0 radical (unpaired) electrons. The fourth-order valence-electron chi connectivity index (χ4n) is 2.67. The number of phenolic OH excluding ortho intramolecular Hbond substituents is 1. The lowest BCUT2D eigenvalue weighted by atomic mass is 10.2. The van der Waals surface area contributed by atoms with Gasteiger partial charge in [0, 0.05) is 24.5 Å². The van der Waals surface area contributed by atoms with Gasteiger partial charge < -0.3 is 15.7 Å². The van der Waals surface area contributed by atoms with Crippen LogP contribution in [-0.4, -0.2) is 30.8 Å². The molecule has 0 aliphatic carbocycles. The maximum absolute atomic E-state index is 12.4. The van der Waals surface area contributed by atoms with Gasteiger partial charge in [0.15, 0.2) is 5.82 Å². The Kier molecular flexibility index (Phi) is 5.15. The van der Waals surface area contributed by atoms with Gasteiger partial charge in [-0.2, -0.15) is 5.10 Å². The Balaban J connectivity index is 1.44. The van der Waals surface area contributed by atoms with Gasteiger partial charge in [-0.1, -0.05) is 30.3 Å². The number of nitrogens with one attached hydrogen (secondary N) is 2. The highest BCUT2D eigenvalue weighted by Gasteiger charge is 2.11. The molecular formula is C21H18N6O2. The van der Waals surface area contributed by atoms with Gasteiger partial charge >= 0.3 is 0 Å². The van der Waals surface area contributed by atoms with E-state index in [1.807, 2.05) is 30.3 Å². The summed E-state index contributed by atoms with van der Waals surface area (Å²) in [6.45, 7) is 0.636. The monoisotopic (exact) mass is 386 g/mol. The molecule has 0 bridgehead atoms. The van der Waals surface area contributed by atoms with E-state index in [-0.39, 0.29) is 11.7 Å². The highest BCUT2D eigenvalue weighted by molar-refractivity contribution is 6.04. The van der Waals surface area contributed by atoms with E-state index >= 15 is 0 Å². The van der Waals surface area contributed by atoms with Crippen LogP contribution in [0.4, 0.5) is 11.5 Å². The fourth-order valence-corrected chi connectivity index (χ4v) is 2.67. The Morgan fingerprint density at radius 2 is 1.83 bits per heavy atom. The van der Waals surface area contributed by atoms with Gasteiger partial charge in [-0.05, 0) is 29.8 Å². The van der Waals surface area contributed by atoms with Crippen LogP contribution in [0.25, 0.3) is 5.82 Å². The number of anilines is 2. The number of carbonyl (C=O) groups excluding carboxylic acids is 1. The van der Waals surface area contributed by atoms with Crippen LogP contribution in [0.15, 0.2) is 79.4 Å². The van der Waals surface area contributed by atoms with Crippen molar-refractivity contribution in [3.05, 3.63) is 90.5 Å². The molecule has 2 aromatic heterocycles. The van der Waals surface area contributed by atoms with Crippen molar-refractivity contribution in [3.8, 4) is 11.6 Å². The zero-order valence-corrected chi connectivity index (χ0v) is 15.4. The van der Waals surface area contributed by atoms with Crippen LogP contribution in [0.3, 0.4) is 0 Å². The minimum absolute atomic E-state index is 0.135. The topological polar surface area (TPSA) is 105 Å². The molecule has 0 atom stereocenters. The molecule has 0 saturated carbocycles. The Bertz CT molecular complexity index is 1110. The minimum atomic E-state index is -0.307. The third-order valence-electron chi connectivity index (χ3n) is 4.17. The number of carbonyl (C=O) groups is 1. The smallest absolute Gasteiger partial charge is 0.258 e. The van der Waals surface area contributed by atoms with Crippen LogP contribution in [-0.2, 0) is 6.54 Å². The van der Waals surface area contributed by atoms with Crippen LogP contribution in [0.5, 0.6) is 5.75 Å². The van der Waals surface area contributed by atoms with E-state index in [4.69, 9.17) is 0 Å². The van der Waals surface area contributed by atoms with E-state index in [1.165, 1.54) is 29.3 Å². The Morgan fingerprint density at radius 3 is 2.62 bits per heavy atom. The molecule has 1 amide bonds. The molecule has 0 unspecified atom stereocenters. The molecule has 29 heavy (non-hydrogen) atoms. The summed E-state index contributed by atoms with van der Waals surface area (Å²) in [5.74, 6) is 1.03. The quantitative estimate of drug-likeness (QED) is 0.440. The van der Waals surface area contributed by atoms with Crippen LogP contribution >= 0.6 is 0 Å². The molecule has 0 saturated heterocycles. The van der Waals surface area contributed by atoms with Crippen LogP contribution in [0, 0.1) is 0 Å². The largest absolute Gasteiger partial charge is 0.508 e. The number of hydrogen-bond acceptors (Lipinski definition) is 6. The molecule has 2 aromatic carbocycles. The fraction of sp³-hybridized carbons (Fsp3) is 0.0476. The van der Waals surface area contributed by atoms with Crippen molar-refractivity contribution in [2.75, 3.05) is 10.6 Å². The van der Waals surface area contributed by atoms with E-state index in [1.54, 1.807) is 24.4 Å². The van der Waals surface area contributed by atoms with Gasteiger partial charge in [0.1, 0.15) is 17.9 Å². The lowest BCUT2D eigenvalue weighted by Gasteiger charge is -2.07. The number of nitrogens with zero attached hydrogens (tertiary/aromatic N) is 4. The normalized spacial score (nSPS) is 10.5. The molecule has 0 spiro atoms. The van der Waals surface area contributed by atoms with Gasteiger partial charge in [0.25, 0.3) is 5.91 Å². The Labute approximate surface area is 166 Å². The SMILES string of the molecule is O=C(Nc1ccc(O)cc1)c1cnn(-c2cc(NCc3ccccc3)ncn2)c1. The Morgan fingerprint density at radius 1 is 1.03 bits per heavy atom. The number of aromatic hydroxyl groups is 1. The third kappa shape index (κ3) is 4.56. The van der Waals surface area contributed by atoms with Gasteiger partial charge in [0.2, 0.25) is 0 Å². The average molecular weight is 386 g/mol. The predicted molar refractivity (Wildman–Crippen MR) is 109 cm³/mol. The number of benzene rings is 2. The molecule has 8 heteroatoms. The molecule has 4 rings (SSSR count). The average Bonchev–Trinajstić information content (AvgIpc) is 3.25. The number of phenols is 1. The van der Waals surface area contributed by atoms with Crippen LogP contribution < -0.4 is 10.6 Å². The van der Waals surface area contributed by atoms with Crippen molar-refractivity contribution in [3.63, 3.8) is 0 Å². The molecule has 8 nitrogen and oxygen atoms in total. The minimum Gasteiger partial charge on any atom is -0.508 e. The molecular weight excluding hydrogens is 368 g/mol. The molecule has 4 aromatic rings. The van der Waals surface area contributed by atoms with E-state index in [9.17, 15) is 9.90 Å². The summed E-state index contributed by atoms with van der Waals surface area (Å²) in [5, 5.41) is 19.5. The third-order valence-corrected chi connectivity index (χ3v) is 4.17. The number of amides is 1. The van der Waals surface area contributed by atoms with E-state index < -0.39 is 0 Å². The van der Waals surface area contributed by atoms with Crippen molar-refractivity contribution in [2.24, 2.45) is 0 Å². The predicted octanol–water partition coefficient (Wildman–Crippen LogP) is 3.23. The number of hydrogen-bond donors (Lipinski definition) is 3. The first-order valence-corrected chi connectivity index (χ1v) is 8.93. The lowest BCUT2D eigenvalue weighted by molar-refractivity contribution is 0.102. The van der Waals surface area contributed by atoms with Crippen molar-refractivity contribution in [2.45, 2.75) is 6.54 Å². The van der Waals surface area contributed by atoms with Crippen molar-refractivity contribution in [1.82, 2.24) is 19.7 Å². The summed E-state index contributed by atoms with van der Waals surface area (Å²) in [6, 6.07) is 18.0. The maximum atomic E-state index is 12.4. The first-order chi connectivity index (χ1) is 14.2. The number of rotatable bonds is 6. The second kappa shape index (κ2) is 8.22. The highest BCUT2D eigenvalue weighted by Crippen LogP contribution is 2.16. The van der Waals surface area contributed by atoms with Gasteiger partial charge in [-0.25, -0.2) is 14.6 Å². The summed E-state index contributed by atoms with van der Waals surface area (Å²) in [7, 11) is 0. The van der Waals surface area contributed by atoms with Crippen LogP contribution in [0.1, 0.15) is 15.9 Å². The van der Waals surface area contributed by atoms with Crippen molar-refractivity contribution >= 4 is 17.4 Å². The number of aromatic nitrogens is 4. The van der Waals surface area contributed by atoms with Gasteiger partial charge in [-0.15, -0.1) is 0 Å². The van der Waals surface area contributed by atoms with Gasteiger partial charge in [-0.3, -0.25) is 4.79 Å². The van der Waals surface area contributed by atoms with Crippen LogP contribution in [0.2, 0.25) is 0 Å². The second-order valence-electron chi connectivity index (χ2n) is 6.28. The molecule has 0 aliphatic rings.